The van der Waals surface area contributed by atoms with E-state index in [9.17, 15) is 4.79 Å². The van der Waals surface area contributed by atoms with Crippen LogP contribution in [0.2, 0.25) is 0 Å². The minimum Gasteiger partial charge on any atom is -0.497 e. The lowest BCUT2D eigenvalue weighted by molar-refractivity contribution is -0.0578. The zero-order valence-corrected chi connectivity index (χ0v) is 14.8. The summed E-state index contributed by atoms with van der Waals surface area (Å²) in [5, 5.41) is 0. The fourth-order valence-corrected chi connectivity index (χ4v) is 1.89. The highest BCUT2D eigenvalue weighted by Crippen LogP contribution is 2.17. The number of methoxy groups -OCH3 is 2. The molecule has 0 bridgehead atoms. The predicted octanol–water partition coefficient (Wildman–Crippen LogP) is 2.65. The van der Waals surface area contributed by atoms with Crippen LogP contribution in [0.5, 0.6) is 11.6 Å². The van der Waals surface area contributed by atoms with Gasteiger partial charge in [-0.2, -0.15) is 0 Å². The molecular weight excluding hydrogens is 324 g/mol. The van der Waals surface area contributed by atoms with Gasteiger partial charge in [-0.25, -0.2) is 14.8 Å². The second kappa shape index (κ2) is 8.43. The van der Waals surface area contributed by atoms with Crippen LogP contribution in [0.15, 0.2) is 36.7 Å². The van der Waals surface area contributed by atoms with Gasteiger partial charge >= 0.3 is 5.97 Å². The molecule has 0 unspecified atom stereocenters. The van der Waals surface area contributed by atoms with Crippen molar-refractivity contribution in [2.75, 3.05) is 20.8 Å². The van der Waals surface area contributed by atoms with Crippen LogP contribution in [0.1, 0.15) is 29.9 Å². The average molecular weight is 346 g/mol. The van der Waals surface area contributed by atoms with E-state index in [0.29, 0.717) is 12.5 Å². The Balaban J connectivity index is 1.84. The third-order valence-electron chi connectivity index (χ3n) is 3.38. The number of benzene rings is 1. The minimum atomic E-state index is -0.540. The number of carbonyl (C=O) groups is 1. The minimum absolute atomic E-state index is 0.130. The van der Waals surface area contributed by atoms with Crippen molar-refractivity contribution in [3.63, 3.8) is 0 Å². The van der Waals surface area contributed by atoms with E-state index in [1.54, 1.807) is 7.11 Å². The fraction of sp³-hybridized carbons (Fsp3) is 0.389. The number of esters is 1. The van der Waals surface area contributed by atoms with Crippen LogP contribution >= 0.6 is 0 Å². The number of hydrogen-bond donors (Lipinski definition) is 0. The fourth-order valence-electron chi connectivity index (χ4n) is 1.89. The largest absolute Gasteiger partial charge is 0.497 e. The van der Waals surface area contributed by atoms with Gasteiger partial charge in [0.15, 0.2) is 5.69 Å². The van der Waals surface area contributed by atoms with Gasteiger partial charge in [0.05, 0.1) is 38.8 Å². The SMILES string of the molecule is COC(=O)c1cnc(OCC(C)(C)OCc2ccc(OC)cc2)cn1. The van der Waals surface area contributed by atoms with Crippen LogP contribution in [-0.2, 0) is 16.1 Å². The standard InChI is InChI=1S/C18H22N2O5/c1-18(2,25-11-13-5-7-14(22-3)8-6-13)12-24-16-10-19-15(9-20-16)17(21)23-4/h5-10H,11-12H2,1-4H3. The van der Waals surface area contributed by atoms with Gasteiger partial charge in [-0.15, -0.1) is 0 Å². The molecule has 0 aliphatic carbocycles. The van der Waals surface area contributed by atoms with E-state index in [1.165, 1.54) is 19.5 Å². The van der Waals surface area contributed by atoms with Crippen molar-refractivity contribution in [3.05, 3.63) is 47.9 Å². The number of ether oxygens (including phenoxy) is 4. The summed E-state index contributed by atoms with van der Waals surface area (Å²) >= 11 is 0. The highest BCUT2D eigenvalue weighted by molar-refractivity contribution is 5.86. The summed E-state index contributed by atoms with van der Waals surface area (Å²) in [5.41, 5.74) is 0.642. The van der Waals surface area contributed by atoms with Gasteiger partial charge in [0.2, 0.25) is 5.88 Å². The first kappa shape index (κ1) is 18.7. The normalized spacial score (nSPS) is 11.0. The summed E-state index contributed by atoms with van der Waals surface area (Å²) in [6.07, 6.45) is 2.69. The van der Waals surface area contributed by atoms with Crippen LogP contribution in [-0.4, -0.2) is 42.4 Å². The van der Waals surface area contributed by atoms with Gasteiger partial charge in [0.1, 0.15) is 12.4 Å². The Labute approximate surface area is 146 Å². The first-order chi connectivity index (χ1) is 11.9. The summed E-state index contributed by atoms with van der Waals surface area (Å²) in [5.74, 6) is 0.580. The summed E-state index contributed by atoms with van der Waals surface area (Å²) in [7, 11) is 2.92. The quantitative estimate of drug-likeness (QED) is 0.680. The Morgan fingerprint density at radius 1 is 1.08 bits per heavy atom. The number of hydrogen-bond acceptors (Lipinski definition) is 7. The Hall–Kier alpha value is -2.67. The first-order valence-electron chi connectivity index (χ1n) is 7.73. The van der Waals surface area contributed by atoms with Gasteiger partial charge in [-0.1, -0.05) is 12.1 Å². The lowest BCUT2D eigenvalue weighted by Crippen LogP contribution is -2.32. The van der Waals surface area contributed by atoms with Gasteiger partial charge in [0.25, 0.3) is 0 Å². The summed E-state index contributed by atoms with van der Waals surface area (Å²) < 4.78 is 21.2. The lowest BCUT2D eigenvalue weighted by atomic mass is 10.1. The molecule has 0 fully saturated rings. The molecule has 0 N–H and O–H groups in total. The number of rotatable bonds is 8. The van der Waals surface area contributed by atoms with Crippen molar-refractivity contribution in [1.29, 1.82) is 0 Å². The zero-order chi connectivity index (χ0) is 18.3. The molecule has 0 radical (unpaired) electrons. The summed E-state index contributed by atoms with van der Waals surface area (Å²) in [6.45, 7) is 4.59. The van der Waals surface area contributed by atoms with Crippen molar-refractivity contribution in [2.45, 2.75) is 26.1 Å². The van der Waals surface area contributed by atoms with Gasteiger partial charge in [0, 0.05) is 0 Å². The smallest absolute Gasteiger partial charge is 0.358 e. The molecule has 7 nitrogen and oxygen atoms in total. The van der Waals surface area contributed by atoms with Crippen LogP contribution in [0.3, 0.4) is 0 Å². The maximum atomic E-state index is 11.3. The summed E-state index contributed by atoms with van der Waals surface area (Å²) in [6, 6.07) is 7.68. The van der Waals surface area contributed by atoms with Crippen molar-refractivity contribution < 1.29 is 23.7 Å². The Morgan fingerprint density at radius 2 is 1.80 bits per heavy atom. The molecule has 0 saturated heterocycles. The molecule has 1 aromatic carbocycles. The molecule has 0 amide bonds. The van der Waals surface area contributed by atoms with E-state index in [-0.39, 0.29) is 12.3 Å². The lowest BCUT2D eigenvalue weighted by Gasteiger charge is -2.25. The van der Waals surface area contributed by atoms with Crippen molar-refractivity contribution in [3.8, 4) is 11.6 Å². The molecule has 134 valence electrons. The molecule has 7 heteroatoms. The topological polar surface area (TPSA) is 79.8 Å². The Morgan fingerprint density at radius 3 is 2.36 bits per heavy atom. The first-order valence-corrected chi connectivity index (χ1v) is 7.73. The molecule has 0 aliphatic heterocycles. The van der Waals surface area contributed by atoms with E-state index >= 15 is 0 Å². The van der Waals surface area contributed by atoms with Gasteiger partial charge < -0.3 is 18.9 Å². The third kappa shape index (κ3) is 5.72. The average Bonchev–Trinajstić information content (AvgIpc) is 2.65. The molecule has 1 aromatic heterocycles. The molecule has 0 spiro atoms. The van der Waals surface area contributed by atoms with E-state index in [1.807, 2.05) is 38.1 Å². The van der Waals surface area contributed by atoms with E-state index in [2.05, 4.69) is 14.7 Å². The Bertz CT molecular complexity index is 684. The highest BCUT2D eigenvalue weighted by Gasteiger charge is 2.20. The van der Waals surface area contributed by atoms with E-state index in [4.69, 9.17) is 14.2 Å². The molecule has 1 heterocycles. The third-order valence-corrected chi connectivity index (χ3v) is 3.38. The van der Waals surface area contributed by atoms with E-state index in [0.717, 1.165) is 11.3 Å². The maximum absolute atomic E-state index is 11.3. The van der Waals surface area contributed by atoms with Gasteiger partial charge in [-0.3, -0.25) is 0 Å². The van der Waals surface area contributed by atoms with Crippen molar-refractivity contribution >= 4 is 5.97 Å². The van der Waals surface area contributed by atoms with Crippen molar-refractivity contribution in [1.82, 2.24) is 9.97 Å². The molecular formula is C18H22N2O5. The molecule has 0 saturated carbocycles. The van der Waals surface area contributed by atoms with Crippen molar-refractivity contribution in [2.24, 2.45) is 0 Å². The number of carbonyl (C=O) groups excluding carboxylic acids is 1. The molecule has 25 heavy (non-hydrogen) atoms. The highest BCUT2D eigenvalue weighted by atomic mass is 16.5. The van der Waals surface area contributed by atoms with E-state index < -0.39 is 11.6 Å². The van der Waals surface area contributed by atoms with Crippen LogP contribution in [0.4, 0.5) is 0 Å². The Kier molecular flexibility index (Phi) is 6.30. The summed E-state index contributed by atoms with van der Waals surface area (Å²) in [4.78, 5) is 19.3. The van der Waals surface area contributed by atoms with Crippen LogP contribution in [0.25, 0.3) is 0 Å². The monoisotopic (exact) mass is 346 g/mol. The zero-order valence-electron chi connectivity index (χ0n) is 14.8. The molecule has 2 aromatic rings. The second-order valence-electron chi connectivity index (χ2n) is 5.92. The maximum Gasteiger partial charge on any atom is 0.358 e. The van der Waals surface area contributed by atoms with Crippen LogP contribution < -0.4 is 9.47 Å². The predicted molar refractivity (Wildman–Crippen MR) is 90.7 cm³/mol. The number of aromatic nitrogens is 2. The molecule has 2 rings (SSSR count). The van der Waals surface area contributed by atoms with Gasteiger partial charge in [-0.05, 0) is 31.5 Å². The van der Waals surface area contributed by atoms with Crippen LogP contribution in [0, 0.1) is 0 Å². The number of nitrogens with zero attached hydrogens (tertiary/aromatic N) is 2. The second-order valence-corrected chi connectivity index (χ2v) is 5.92. The molecule has 0 atom stereocenters. The molecule has 0 aliphatic rings.